The Hall–Kier alpha value is -2.32. The van der Waals surface area contributed by atoms with Gasteiger partial charge in [-0.15, -0.1) is 0 Å². The van der Waals surface area contributed by atoms with Crippen LogP contribution in [0.1, 0.15) is 24.8 Å². The Bertz CT molecular complexity index is 759. The summed E-state index contributed by atoms with van der Waals surface area (Å²) in [4.78, 5) is 37.8. The van der Waals surface area contributed by atoms with Gasteiger partial charge < -0.3 is 14.8 Å². The summed E-state index contributed by atoms with van der Waals surface area (Å²) >= 11 is 0. The van der Waals surface area contributed by atoms with Crippen LogP contribution in [0.15, 0.2) is 23.1 Å². The van der Waals surface area contributed by atoms with Crippen LogP contribution in [0, 0.1) is 5.41 Å². The third-order valence-corrected chi connectivity index (χ3v) is 4.92. The highest BCUT2D eigenvalue weighted by molar-refractivity contribution is 5.85. The monoisotopic (exact) mass is 357 g/mol. The molecule has 3 heterocycles. The van der Waals surface area contributed by atoms with Crippen LogP contribution in [0.2, 0.25) is 0 Å². The first kappa shape index (κ1) is 17.5. The van der Waals surface area contributed by atoms with Crippen molar-refractivity contribution in [1.82, 2.24) is 14.8 Å². The van der Waals surface area contributed by atoms with Gasteiger partial charge in [0.25, 0.3) is 5.56 Å². The standard InChI is InChI=1S/C16H18F3N3O3/c17-16(18,19)11-2-3-12(23)22(8-11)9-13(24)21-7-5-15(10-21)4-1-6-20-14(15)25/h2-3,8H,1,4-7,9-10H2,(H,20,25). The lowest BCUT2D eigenvalue weighted by Gasteiger charge is -2.32. The quantitative estimate of drug-likeness (QED) is 0.858. The molecule has 1 unspecified atom stereocenters. The molecule has 136 valence electrons. The number of nitrogens with one attached hydrogen (secondary N) is 1. The number of likely N-dealkylation sites (tertiary alicyclic amines) is 1. The molecule has 0 aromatic carbocycles. The number of carbonyl (C=O) groups excluding carboxylic acids is 2. The Morgan fingerprint density at radius 1 is 1.24 bits per heavy atom. The number of halogens is 3. The molecule has 2 aliphatic rings. The Balaban J connectivity index is 1.73. The summed E-state index contributed by atoms with van der Waals surface area (Å²) < 4.78 is 39.1. The predicted octanol–water partition coefficient (Wildman–Crippen LogP) is 0.996. The van der Waals surface area contributed by atoms with E-state index in [1.54, 1.807) is 0 Å². The fraction of sp³-hybridized carbons (Fsp3) is 0.562. The second-order valence-corrected chi connectivity index (χ2v) is 6.59. The molecule has 2 saturated heterocycles. The average molecular weight is 357 g/mol. The van der Waals surface area contributed by atoms with Crippen LogP contribution in [-0.2, 0) is 22.3 Å². The van der Waals surface area contributed by atoms with Gasteiger partial charge in [-0.05, 0) is 25.3 Å². The summed E-state index contributed by atoms with van der Waals surface area (Å²) in [6.07, 6.45) is -1.88. The van der Waals surface area contributed by atoms with Crippen molar-refractivity contribution in [1.29, 1.82) is 0 Å². The lowest BCUT2D eigenvalue weighted by atomic mass is 9.79. The van der Waals surface area contributed by atoms with Gasteiger partial charge in [0, 0.05) is 31.9 Å². The molecular formula is C16H18F3N3O3. The molecule has 0 bridgehead atoms. The van der Waals surface area contributed by atoms with Gasteiger partial charge in [0.15, 0.2) is 0 Å². The zero-order valence-corrected chi connectivity index (χ0v) is 13.4. The van der Waals surface area contributed by atoms with E-state index in [0.29, 0.717) is 38.2 Å². The molecule has 1 aromatic heterocycles. The predicted molar refractivity (Wildman–Crippen MR) is 81.6 cm³/mol. The molecule has 0 saturated carbocycles. The van der Waals surface area contributed by atoms with E-state index in [0.717, 1.165) is 17.1 Å². The van der Waals surface area contributed by atoms with Crippen molar-refractivity contribution in [3.05, 3.63) is 34.2 Å². The second kappa shape index (κ2) is 6.20. The molecule has 1 N–H and O–H groups in total. The Morgan fingerprint density at radius 3 is 2.68 bits per heavy atom. The topological polar surface area (TPSA) is 71.4 Å². The number of piperidine rings is 1. The third-order valence-electron chi connectivity index (χ3n) is 4.92. The lowest BCUT2D eigenvalue weighted by molar-refractivity contribution is -0.139. The largest absolute Gasteiger partial charge is 0.417 e. The summed E-state index contributed by atoms with van der Waals surface area (Å²) in [5.74, 6) is -0.540. The van der Waals surface area contributed by atoms with E-state index in [9.17, 15) is 27.6 Å². The summed E-state index contributed by atoms with van der Waals surface area (Å²) in [5, 5.41) is 2.80. The number of hydrogen-bond acceptors (Lipinski definition) is 3. The number of hydrogen-bond donors (Lipinski definition) is 1. The molecule has 6 nitrogen and oxygen atoms in total. The summed E-state index contributed by atoms with van der Waals surface area (Å²) in [7, 11) is 0. The number of alkyl halides is 3. The molecule has 2 amide bonds. The summed E-state index contributed by atoms with van der Waals surface area (Å²) in [5.41, 5.74) is -2.26. The fourth-order valence-electron chi connectivity index (χ4n) is 3.47. The van der Waals surface area contributed by atoms with Crippen molar-refractivity contribution in [2.75, 3.05) is 19.6 Å². The minimum Gasteiger partial charge on any atom is -0.356 e. The van der Waals surface area contributed by atoms with Gasteiger partial charge in [-0.2, -0.15) is 13.2 Å². The van der Waals surface area contributed by atoms with E-state index in [-0.39, 0.29) is 12.5 Å². The normalized spacial score (nSPS) is 23.8. The molecule has 0 radical (unpaired) electrons. The van der Waals surface area contributed by atoms with Crippen molar-refractivity contribution in [2.24, 2.45) is 5.41 Å². The van der Waals surface area contributed by atoms with E-state index < -0.39 is 35.2 Å². The Morgan fingerprint density at radius 2 is 2.00 bits per heavy atom. The van der Waals surface area contributed by atoms with Crippen LogP contribution in [0.3, 0.4) is 0 Å². The van der Waals surface area contributed by atoms with Crippen LogP contribution in [0.4, 0.5) is 13.2 Å². The maximum Gasteiger partial charge on any atom is 0.417 e. The Kier molecular flexibility index (Phi) is 4.34. The number of amides is 2. The van der Waals surface area contributed by atoms with Crippen molar-refractivity contribution >= 4 is 11.8 Å². The highest BCUT2D eigenvalue weighted by Crippen LogP contribution is 2.37. The summed E-state index contributed by atoms with van der Waals surface area (Å²) in [6, 6.07) is 1.50. The first-order valence-corrected chi connectivity index (χ1v) is 8.05. The average Bonchev–Trinajstić information content (AvgIpc) is 2.97. The number of carbonyl (C=O) groups is 2. The molecule has 2 fully saturated rings. The lowest BCUT2D eigenvalue weighted by Crippen LogP contribution is -2.48. The smallest absolute Gasteiger partial charge is 0.356 e. The molecule has 9 heteroatoms. The van der Waals surface area contributed by atoms with Gasteiger partial charge in [0.1, 0.15) is 6.54 Å². The van der Waals surface area contributed by atoms with E-state index in [2.05, 4.69) is 5.32 Å². The second-order valence-electron chi connectivity index (χ2n) is 6.59. The van der Waals surface area contributed by atoms with Gasteiger partial charge >= 0.3 is 6.18 Å². The van der Waals surface area contributed by atoms with Crippen molar-refractivity contribution in [3.63, 3.8) is 0 Å². The van der Waals surface area contributed by atoms with Gasteiger partial charge in [-0.1, -0.05) is 0 Å². The maximum absolute atomic E-state index is 12.8. The molecule has 1 spiro atoms. The minimum absolute atomic E-state index is 0.0784. The SMILES string of the molecule is O=C(Cn1cc(C(F)(F)F)ccc1=O)N1CCC2(CCCNC2=O)C1. The molecule has 25 heavy (non-hydrogen) atoms. The molecule has 0 aliphatic carbocycles. The number of aromatic nitrogens is 1. The zero-order chi connectivity index (χ0) is 18.2. The molecule has 2 aliphatic heterocycles. The Labute approximate surface area is 141 Å². The number of nitrogens with zero attached hydrogens (tertiary/aromatic N) is 2. The van der Waals surface area contributed by atoms with Gasteiger partial charge in [0.2, 0.25) is 11.8 Å². The van der Waals surface area contributed by atoms with Crippen LogP contribution >= 0.6 is 0 Å². The van der Waals surface area contributed by atoms with Crippen LogP contribution in [-0.4, -0.2) is 40.9 Å². The number of pyridine rings is 1. The molecule has 1 aromatic rings. The highest BCUT2D eigenvalue weighted by atomic mass is 19.4. The van der Waals surface area contributed by atoms with E-state index in [1.165, 1.54) is 4.90 Å². The molecule has 1 atom stereocenters. The van der Waals surface area contributed by atoms with Crippen molar-refractivity contribution < 1.29 is 22.8 Å². The summed E-state index contributed by atoms with van der Waals surface area (Å²) in [6.45, 7) is 0.750. The fourth-order valence-corrected chi connectivity index (χ4v) is 3.47. The molecular weight excluding hydrogens is 339 g/mol. The van der Waals surface area contributed by atoms with E-state index >= 15 is 0 Å². The van der Waals surface area contributed by atoms with Crippen LogP contribution in [0.25, 0.3) is 0 Å². The number of rotatable bonds is 2. The first-order chi connectivity index (χ1) is 11.7. The third kappa shape index (κ3) is 3.40. The first-order valence-electron chi connectivity index (χ1n) is 8.05. The van der Waals surface area contributed by atoms with Crippen LogP contribution in [0.5, 0.6) is 0 Å². The van der Waals surface area contributed by atoms with E-state index in [1.807, 2.05) is 0 Å². The van der Waals surface area contributed by atoms with Crippen molar-refractivity contribution in [3.8, 4) is 0 Å². The van der Waals surface area contributed by atoms with Gasteiger partial charge in [0.05, 0.1) is 11.0 Å². The molecule has 3 rings (SSSR count). The van der Waals surface area contributed by atoms with E-state index in [4.69, 9.17) is 0 Å². The maximum atomic E-state index is 12.8. The minimum atomic E-state index is -4.59. The van der Waals surface area contributed by atoms with Gasteiger partial charge in [-0.3, -0.25) is 14.4 Å². The highest BCUT2D eigenvalue weighted by Gasteiger charge is 2.46. The zero-order valence-electron chi connectivity index (χ0n) is 13.4. The van der Waals surface area contributed by atoms with Crippen LogP contribution < -0.4 is 10.9 Å². The van der Waals surface area contributed by atoms with Gasteiger partial charge in [-0.25, -0.2) is 0 Å². The van der Waals surface area contributed by atoms with Crippen molar-refractivity contribution in [2.45, 2.75) is 32.0 Å².